The fourth-order valence-electron chi connectivity index (χ4n) is 3.14. The molecule has 0 saturated carbocycles. The van der Waals surface area contributed by atoms with Crippen molar-refractivity contribution in [2.75, 3.05) is 20.3 Å². The Balaban J connectivity index is 2.70. The SMILES string of the molecule is CO[C@@H](C(=O)N[C@H]1CC[C@@H](OC(=O)OCC(C)(C)C)CNC1=O)[C@H](O)[C@@H](O)[C@H](O)/C=C/C(C)(C)C. The molecule has 35 heavy (non-hydrogen) atoms. The van der Waals surface area contributed by atoms with Gasteiger partial charge in [-0.2, -0.15) is 0 Å². The lowest BCUT2D eigenvalue weighted by Gasteiger charge is -2.28. The highest BCUT2D eigenvalue weighted by molar-refractivity contribution is 5.89. The fraction of sp³-hybridized carbons (Fsp3) is 0.792. The second-order valence-electron chi connectivity index (χ2n) is 11.1. The molecule has 0 aliphatic carbocycles. The van der Waals surface area contributed by atoms with E-state index in [1.54, 1.807) is 6.08 Å². The van der Waals surface area contributed by atoms with Gasteiger partial charge in [0.05, 0.1) is 13.2 Å². The molecule has 5 N–H and O–H groups in total. The molecule has 1 saturated heterocycles. The summed E-state index contributed by atoms with van der Waals surface area (Å²) in [6, 6.07) is -0.977. The number of hydrogen-bond donors (Lipinski definition) is 5. The molecule has 0 aromatic heterocycles. The second kappa shape index (κ2) is 13.2. The van der Waals surface area contributed by atoms with E-state index in [2.05, 4.69) is 10.6 Å². The van der Waals surface area contributed by atoms with E-state index in [0.717, 1.165) is 7.11 Å². The molecular weight excluding hydrogens is 460 g/mol. The third-order valence-electron chi connectivity index (χ3n) is 5.12. The summed E-state index contributed by atoms with van der Waals surface area (Å²) in [4.78, 5) is 37.1. The standard InChI is InChI=1S/C24H42N2O9/c1-23(2,3)11-10-16(27)17(28)18(29)19(33-7)21(31)26-15-9-8-14(12-25-20(15)30)35-22(32)34-13-24(4,5)6/h10-11,14-19,27-29H,8-9,12-13H2,1-7H3,(H,25,30)(H,26,31)/b11-10+/t14-,15+,16-,17+,18-,19-/m1/s1. The summed E-state index contributed by atoms with van der Waals surface area (Å²) >= 11 is 0. The van der Waals surface area contributed by atoms with E-state index in [1.165, 1.54) is 6.08 Å². The summed E-state index contributed by atoms with van der Waals surface area (Å²) in [5.74, 6) is -1.33. The predicted molar refractivity (Wildman–Crippen MR) is 127 cm³/mol. The molecule has 202 valence electrons. The molecule has 0 spiro atoms. The van der Waals surface area contributed by atoms with Gasteiger partial charge in [-0.1, -0.05) is 53.7 Å². The summed E-state index contributed by atoms with van der Waals surface area (Å²) in [6.45, 7) is 11.6. The average Bonchev–Trinajstić information content (AvgIpc) is 2.91. The molecule has 6 atom stereocenters. The second-order valence-corrected chi connectivity index (χ2v) is 11.1. The maximum Gasteiger partial charge on any atom is 0.508 e. The van der Waals surface area contributed by atoms with Gasteiger partial charge in [0, 0.05) is 7.11 Å². The van der Waals surface area contributed by atoms with E-state index < -0.39 is 54.5 Å². The van der Waals surface area contributed by atoms with Crippen molar-refractivity contribution in [3.8, 4) is 0 Å². The topological polar surface area (TPSA) is 164 Å². The average molecular weight is 503 g/mol. The van der Waals surface area contributed by atoms with Crippen LogP contribution in [-0.2, 0) is 23.8 Å². The van der Waals surface area contributed by atoms with Crippen LogP contribution < -0.4 is 10.6 Å². The minimum absolute atomic E-state index is 0.0527. The number of rotatable bonds is 9. The third-order valence-corrected chi connectivity index (χ3v) is 5.12. The lowest BCUT2D eigenvalue weighted by Crippen LogP contribution is -2.55. The molecule has 1 fully saturated rings. The van der Waals surface area contributed by atoms with Gasteiger partial charge in [-0.25, -0.2) is 4.79 Å². The van der Waals surface area contributed by atoms with Gasteiger partial charge in [-0.05, 0) is 23.7 Å². The highest BCUT2D eigenvalue weighted by atomic mass is 16.7. The van der Waals surface area contributed by atoms with Crippen molar-refractivity contribution in [2.45, 2.75) is 90.9 Å². The highest BCUT2D eigenvalue weighted by Gasteiger charge is 2.37. The van der Waals surface area contributed by atoms with Crippen LogP contribution in [0.5, 0.6) is 0 Å². The van der Waals surface area contributed by atoms with Gasteiger partial charge in [-0.3, -0.25) is 9.59 Å². The maximum absolute atomic E-state index is 12.7. The fourth-order valence-corrected chi connectivity index (χ4v) is 3.14. The highest BCUT2D eigenvalue weighted by Crippen LogP contribution is 2.18. The minimum atomic E-state index is -1.76. The molecule has 2 amide bonds. The van der Waals surface area contributed by atoms with Crippen molar-refractivity contribution in [1.82, 2.24) is 10.6 Å². The Bertz CT molecular complexity index is 742. The number of carbonyl (C=O) groups excluding carboxylic acids is 3. The quantitative estimate of drug-likeness (QED) is 0.225. The van der Waals surface area contributed by atoms with Crippen LogP contribution in [0.25, 0.3) is 0 Å². The normalized spacial score (nSPS) is 23.0. The number of nitrogens with one attached hydrogen (secondary N) is 2. The number of methoxy groups -OCH3 is 1. The first-order valence-corrected chi connectivity index (χ1v) is 11.7. The van der Waals surface area contributed by atoms with Crippen LogP contribution in [0.15, 0.2) is 12.2 Å². The molecule has 11 heteroatoms. The van der Waals surface area contributed by atoms with Crippen LogP contribution in [0.4, 0.5) is 4.79 Å². The number of aliphatic hydroxyl groups excluding tert-OH is 3. The molecule has 0 aromatic rings. The van der Waals surface area contributed by atoms with Gasteiger partial charge in [0.25, 0.3) is 5.91 Å². The smallest absolute Gasteiger partial charge is 0.434 e. The molecule has 1 aliphatic rings. The first-order valence-electron chi connectivity index (χ1n) is 11.7. The number of hydrogen-bond acceptors (Lipinski definition) is 9. The van der Waals surface area contributed by atoms with Crippen molar-refractivity contribution in [2.24, 2.45) is 10.8 Å². The van der Waals surface area contributed by atoms with Gasteiger partial charge in [0.2, 0.25) is 5.91 Å². The van der Waals surface area contributed by atoms with Crippen molar-refractivity contribution in [3.63, 3.8) is 0 Å². The first kappa shape index (κ1) is 30.8. The Kier molecular flexibility index (Phi) is 11.6. The maximum atomic E-state index is 12.7. The zero-order valence-corrected chi connectivity index (χ0v) is 21.7. The molecular formula is C24H42N2O9. The largest absolute Gasteiger partial charge is 0.508 e. The molecule has 1 heterocycles. The zero-order chi connectivity index (χ0) is 27.0. The number of carbonyl (C=O) groups is 3. The third kappa shape index (κ3) is 11.4. The van der Waals surface area contributed by atoms with Crippen molar-refractivity contribution in [1.29, 1.82) is 0 Å². The summed E-state index contributed by atoms with van der Waals surface area (Å²) < 4.78 is 15.4. The Hall–Kier alpha value is -2.21. The van der Waals surface area contributed by atoms with Gasteiger partial charge < -0.3 is 40.2 Å². The molecule has 0 aromatic carbocycles. The number of amides is 2. The Morgan fingerprint density at radius 1 is 1.11 bits per heavy atom. The van der Waals surface area contributed by atoms with Crippen molar-refractivity contribution < 1.29 is 43.9 Å². The number of aliphatic hydroxyl groups is 3. The Labute approximate surface area is 207 Å². The zero-order valence-electron chi connectivity index (χ0n) is 21.7. The summed E-state index contributed by atoms with van der Waals surface area (Å²) in [7, 11) is 1.16. The molecule has 0 radical (unpaired) electrons. The van der Waals surface area contributed by atoms with Gasteiger partial charge in [-0.15, -0.1) is 0 Å². The van der Waals surface area contributed by atoms with Gasteiger partial charge in [0.1, 0.15) is 30.5 Å². The molecule has 11 nitrogen and oxygen atoms in total. The Morgan fingerprint density at radius 2 is 1.74 bits per heavy atom. The van der Waals surface area contributed by atoms with Crippen LogP contribution >= 0.6 is 0 Å². The van der Waals surface area contributed by atoms with Crippen LogP contribution in [0, 0.1) is 10.8 Å². The lowest BCUT2D eigenvalue weighted by atomic mass is 9.94. The van der Waals surface area contributed by atoms with E-state index in [1.807, 2.05) is 41.5 Å². The van der Waals surface area contributed by atoms with Crippen molar-refractivity contribution >= 4 is 18.0 Å². The van der Waals surface area contributed by atoms with E-state index >= 15 is 0 Å². The molecule has 0 unspecified atom stereocenters. The van der Waals surface area contributed by atoms with Crippen LogP contribution in [0.2, 0.25) is 0 Å². The summed E-state index contributed by atoms with van der Waals surface area (Å²) in [5.41, 5.74) is -0.484. The van der Waals surface area contributed by atoms with Gasteiger partial charge >= 0.3 is 6.16 Å². The van der Waals surface area contributed by atoms with Gasteiger partial charge in [0.15, 0.2) is 6.10 Å². The monoisotopic (exact) mass is 502 g/mol. The Morgan fingerprint density at radius 3 is 2.29 bits per heavy atom. The first-order chi connectivity index (χ1) is 16.0. The number of ether oxygens (including phenoxy) is 3. The van der Waals surface area contributed by atoms with Crippen LogP contribution in [0.3, 0.4) is 0 Å². The summed E-state index contributed by atoms with van der Waals surface area (Å²) in [5, 5.41) is 36.0. The van der Waals surface area contributed by atoms with Crippen LogP contribution in [0.1, 0.15) is 54.4 Å². The van der Waals surface area contributed by atoms with E-state index in [-0.39, 0.29) is 36.8 Å². The van der Waals surface area contributed by atoms with Crippen LogP contribution in [-0.4, -0.2) is 90.1 Å². The lowest BCUT2D eigenvalue weighted by molar-refractivity contribution is -0.150. The van der Waals surface area contributed by atoms with E-state index in [9.17, 15) is 29.7 Å². The van der Waals surface area contributed by atoms with Crippen molar-refractivity contribution in [3.05, 3.63) is 12.2 Å². The minimum Gasteiger partial charge on any atom is -0.434 e. The molecule has 0 bridgehead atoms. The van der Waals surface area contributed by atoms with E-state index in [0.29, 0.717) is 0 Å². The number of allylic oxidation sites excluding steroid dienone is 1. The predicted octanol–water partition coefficient (Wildman–Crippen LogP) is 0.649. The molecule has 1 rings (SSSR count). The van der Waals surface area contributed by atoms with E-state index in [4.69, 9.17) is 14.2 Å². The molecule has 1 aliphatic heterocycles. The summed E-state index contributed by atoms with van der Waals surface area (Å²) in [6.07, 6.45) is -4.49.